The molecule has 0 aromatic heterocycles. The Labute approximate surface area is 279 Å². The van der Waals surface area contributed by atoms with E-state index in [1.807, 2.05) is 72.8 Å². The van der Waals surface area contributed by atoms with Crippen LogP contribution in [-0.2, 0) is 9.59 Å². The van der Waals surface area contributed by atoms with Gasteiger partial charge < -0.3 is 16.0 Å². The summed E-state index contributed by atoms with van der Waals surface area (Å²) in [5.41, 5.74) is 3.27. The first-order chi connectivity index (χ1) is 21.8. The normalized spacial score (nSPS) is 11.7. The Bertz CT molecular complexity index is 1800. The van der Waals surface area contributed by atoms with E-state index in [0.717, 1.165) is 14.9 Å². The van der Waals surface area contributed by atoms with Crippen LogP contribution in [0.3, 0.4) is 0 Å². The highest BCUT2D eigenvalue weighted by atomic mass is 79.9. The van der Waals surface area contributed by atoms with Gasteiger partial charge in [0.15, 0.2) is 0 Å². The zero-order valence-electron chi connectivity index (χ0n) is 23.7. The van der Waals surface area contributed by atoms with Crippen LogP contribution in [0.25, 0.3) is 6.08 Å². The highest BCUT2D eigenvalue weighted by molar-refractivity contribution is 9.10. The van der Waals surface area contributed by atoms with E-state index < -0.39 is 17.1 Å². The predicted molar refractivity (Wildman–Crippen MR) is 186 cm³/mol. The van der Waals surface area contributed by atoms with E-state index in [4.69, 9.17) is 11.6 Å². The number of carbonyl (C=O) groups excluding carboxylic acids is 3. The van der Waals surface area contributed by atoms with Crippen LogP contribution in [-0.4, -0.2) is 17.7 Å². The van der Waals surface area contributed by atoms with Gasteiger partial charge in [-0.3, -0.25) is 14.4 Å². The molecule has 5 aromatic rings. The molecule has 45 heavy (non-hydrogen) atoms. The highest BCUT2D eigenvalue weighted by Crippen LogP contribution is 2.37. The first kappa shape index (κ1) is 31.8. The molecule has 0 radical (unpaired) electrons. The molecule has 0 bridgehead atoms. The van der Waals surface area contributed by atoms with Crippen molar-refractivity contribution < 1.29 is 14.4 Å². The van der Waals surface area contributed by atoms with E-state index in [2.05, 4.69) is 31.9 Å². The van der Waals surface area contributed by atoms with Gasteiger partial charge in [-0.1, -0.05) is 88.2 Å². The van der Waals surface area contributed by atoms with Gasteiger partial charge in [0, 0.05) is 31.3 Å². The molecule has 0 aliphatic carbocycles. The van der Waals surface area contributed by atoms with Gasteiger partial charge in [0.25, 0.3) is 11.8 Å². The molecule has 5 rings (SSSR count). The SMILES string of the molecule is O=C(Nc1ccc(SC(C(=O)Nc2ccc(Br)cc2)c2ccccc2)cc1)/C(=C/c1ccc(Cl)cc1)NC(=O)c1ccccc1. The summed E-state index contributed by atoms with van der Waals surface area (Å²) in [5, 5.41) is 8.64. The van der Waals surface area contributed by atoms with Crippen molar-refractivity contribution in [2.75, 3.05) is 10.6 Å². The topological polar surface area (TPSA) is 87.3 Å². The Morgan fingerprint density at radius 3 is 1.91 bits per heavy atom. The minimum atomic E-state index is -0.516. The first-order valence-corrected chi connectivity index (χ1v) is 15.9. The standard InChI is InChI=1S/C36H27BrClN3O3S/c37-27-13-17-29(18-14-27)40-36(44)33(25-7-3-1-4-8-25)45-31-21-19-30(20-22-31)39-35(43)32(23-24-11-15-28(38)16-12-24)41-34(42)26-9-5-2-6-10-26/h1-23,33H,(H,39,43)(H,40,44)(H,41,42)/b32-23-. The van der Waals surface area contributed by atoms with Crippen LogP contribution in [0, 0.1) is 0 Å². The Kier molecular flexibility index (Phi) is 10.9. The Morgan fingerprint density at radius 1 is 0.689 bits per heavy atom. The number of nitrogens with one attached hydrogen (secondary N) is 3. The molecule has 224 valence electrons. The van der Waals surface area contributed by atoms with Gasteiger partial charge in [-0.2, -0.15) is 0 Å². The van der Waals surface area contributed by atoms with Gasteiger partial charge in [-0.25, -0.2) is 0 Å². The number of carbonyl (C=O) groups is 3. The number of rotatable bonds is 10. The van der Waals surface area contributed by atoms with Gasteiger partial charge >= 0.3 is 0 Å². The lowest BCUT2D eigenvalue weighted by Crippen LogP contribution is -2.30. The third kappa shape index (κ3) is 9.18. The molecule has 9 heteroatoms. The number of hydrogen-bond acceptors (Lipinski definition) is 4. The maximum atomic E-state index is 13.4. The maximum absolute atomic E-state index is 13.4. The molecule has 6 nitrogen and oxygen atoms in total. The van der Waals surface area contributed by atoms with Gasteiger partial charge in [0.2, 0.25) is 5.91 Å². The second-order valence-corrected chi connectivity index (χ2v) is 12.3. The molecule has 3 amide bonds. The van der Waals surface area contributed by atoms with E-state index in [1.54, 1.807) is 66.7 Å². The van der Waals surface area contributed by atoms with Crippen LogP contribution < -0.4 is 16.0 Å². The van der Waals surface area contributed by atoms with E-state index in [0.29, 0.717) is 27.5 Å². The minimum absolute atomic E-state index is 0.0679. The number of halogens is 2. The van der Waals surface area contributed by atoms with E-state index in [9.17, 15) is 14.4 Å². The molecule has 1 atom stereocenters. The first-order valence-electron chi connectivity index (χ1n) is 13.9. The fraction of sp³-hybridized carbons (Fsp3) is 0.0278. The average Bonchev–Trinajstić information content (AvgIpc) is 3.06. The Balaban J connectivity index is 1.32. The molecule has 0 saturated carbocycles. The summed E-state index contributed by atoms with van der Waals surface area (Å²) >= 11 is 10.8. The van der Waals surface area contributed by atoms with Crippen LogP contribution in [0.4, 0.5) is 11.4 Å². The molecule has 5 aromatic carbocycles. The van der Waals surface area contributed by atoms with Gasteiger partial charge in [-0.05, 0) is 90.0 Å². The number of thioether (sulfide) groups is 1. The summed E-state index contributed by atoms with van der Waals surface area (Å²) in [4.78, 5) is 40.6. The average molecular weight is 697 g/mol. The summed E-state index contributed by atoms with van der Waals surface area (Å²) in [6.45, 7) is 0. The highest BCUT2D eigenvalue weighted by Gasteiger charge is 2.22. The van der Waals surface area contributed by atoms with Crippen molar-refractivity contribution in [3.63, 3.8) is 0 Å². The fourth-order valence-electron chi connectivity index (χ4n) is 4.26. The zero-order valence-corrected chi connectivity index (χ0v) is 26.9. The predicted octanol–water partition coefficient (Wildman–Crippen LogP) is 8.98. The molecule has 0 heterocycles. The molecular formula is C36H27BrClN3O3S. The van der Waals surface area contributed by atoms with Crippen molar-refractivity contribution in [1.82, 2.24) is 5.32 Å². The molecule has 1 unspecified atom stereocenters. The van der Waals surface area contributed by atoms with Gasteiger partial charge in [-0.15, -0.1) is 11.8 Å². The van der Waals surface area contributed by atoms with Crippen LogP contribution >= 0.6 is 39.3 Å². The summed E-state index contributed by atoms with van der Waals surface area (Å²) < 4.78 is 0.924. The summed E-state index contributed by atoms with van der Waals surface area (Å²) in [6.07, 6.45) is 1.59. The zero-order chi connectivity index (χ0) is 31.6. The summed E-state index contributed by atoms with van der Waals surface area (Å²) in [7, 11) is 0. The van der Waals surface area contributed by atoms with E-state index in [-0.39, 0.29) is 11.6 Å². The molecule has 0 saturated heterocycles. The van der Waals surface area contributed by atoms with Crippen molar-refractivity contribution in [1.29, 1.82) is 0 Å². The molecule has 0 aliphatic heterocycles. The fourth-order valence-corrected chi connectivity index (χ4v) is 5.68. The number of hydrogen-bond donors (Lipinski definition) is 3. The van der Waals surface area contributed by atoms with Crippen LogP contribution in [0.5, 0.6) is 0 Å². The second kappa shape index (κ2) is 15.4. The Morgan fingerprint density at radius 2 is 1.27 bits per heavy atom. The van der Waals surface area contributed by atoms with Crippen LogP contribution in [0.2, 0.25) is 5.02 Å². The van der Waals surface area contributed by atoms with Crippen molar-refractivity contribution in [2.24, 2.45) is 0 Å². The van der Waals surface area contributed by atoms with Crippen molar-refractivity contribution in [3.05, 3.63) is 165 Å². The molecule has 0 spiro atoms. The van der Waals surface area contributed by atoms with E-state index in [1.165, 1.54) is 11.8 Å². The largest absolute Gasteiger partial charge is 0.325 e. The van der Waals surface area contributed by atoms with Crippen molar-refractivity contribution >= 4 is 74.5 Å². The minimum Gasteiger partial charge on any atom is -0.325 e. The van der Waals surface area contributed by atoms with Crippen LogP contribution in [0.1, 0.15) is 26.7 Å². The number of amides is 3. The Hall–Kier alpha value is -4.63. The van der Waals surface area contributed by atoms with Crippen molar-refractivity contribution in [2.45, 2.75) is 10.1 Å². The molecule has 0 fully saturated rings. The van der Waals surface area contributed by atoms with Gasteiger partial charge in [0.1, 0.15) is 10.9 Å². The maximum Gasteiger partial charge on any atom is 0.272 e. The number of anilines is 2. The van der Waals surface area contributed by atoms with Gasteiger partial charge in [0.05, 0.1) is 0 Å². The summed E-state index contributed by atoms with van der Waals surface area (Å²) in [6, 6.07) is 39.8. The molecular weight excluding hydrogens is 670 g/mol. The third-order valence-electron chi connectivity index (χ3n) is 6.53. The van der Waals surface area contributed by atoms with Crippen LogP contribution in [0.15, 0.2) is 149 Å². The monoisotopic (exact) mass is 695 g/mol. The quantitative estimate of drug-likeness (QED) is 0.101. The third-order valence-corrected chi connectivity index (χ3v) is 8.58. The molecule has 3 N–H and O–H groups in total. The molecule has 0 aliphatic rings. The number of benzene rings is 5. The smallest absolute Gasteiger partial charge is 0.272 e. The second-order valence-electron chi connectivity index (χ2n) is 9.81. The lowest BCUT2D eigenvalue weighted by Gasteiger charge is -2.17. The van der Waals surface area contributed by atoms with E-state index >= 15 is 0 Å². The lowest BCUT2D eigenvalue weighted by molar-refractivity contribution is -0.116. The summed E-state index contributed by atoms with van der Waals surface area (Å²) in [5.74, 6) is -1.06. The van der Waals surface area contributed by atoms with Crippen molar-refractivity contribution in [3.8, 4) is 0 Å². The lowest BCUT2D eigenvalue weighted by atomic mass is 10.1.